The monoisotopic (exact) mass is 264 g/mol. The third-order valence-electron chi connectivity index (χ3n) is 3.97. The van der Waals surface area contributed by atoms with Crippen LogP contribution in [0.5, 0.6) is 0 Å². The van der Waals surface area contributed by atoms with E-state index in [4.69, 9.17) is 0 Å². The zero-order valence-electron chi connectivity index (χ0n) is 11.6. The zero-order chi connectivity index (χ0) is 13.9. The maximum absolute atomic E-state index is 13.6. The highest BCUT2D eigenvalue weighted by Gasteiger charge is 2.40. The van der Waals surface area contributed by atoms with Crippen LogP contribution in [0.1, 0.15) is 31.7 Å². The minimum atomic E-state index is -0.444. The Morgan fingerprint density at radius 2 is 2.21 bits per heavy atom. The number of benzene rings is 1. The van der Waals surface area contributed by atoms with Gasteiger partial charge in [-0.3, -0.25) is 4.79 Å². The Morgan fingerprint density at radius 1 is 1.47 bits per heavy atom. The first kappa shape index (κ1) is 14.0. The van der Waals surface area contributed by atoms with Gasteiger partial charge in [0.1, 0.15) is 5.82 Å². The highest BCUT2D eigenvalue weighted by atomic mass is 19.1. The molecule has 1 N–H and O–H groups in total. The minimum Gasteiger partial charge on any atom is -0.340 e. The van der Waals surface area contributed by atoms with E-state index >= 15 is 0 Å². The van der Waals surface area contributed by atoms with Crippen LogP contribution in [0.3, 0.4) is 0 Å². The fourth-order valence-corrected chi connectivity index (χ4v) is 2.76. The number of nitrogens with one attached hydrogen (secondary N) is 1. The van der Waals surface area contributed by atoms with E-state index in [0.29, 0.717) is 12.1 Å². The second kappa shape index (κ2) is 5.70. The van der Waals surface area contributed by atoms with Crippen molar-refractivity contribution in [2.24, 2.45) is 0 Å². The van der Waals surface area contributed by atoms with Gasteiger partial charge >= 0.3 is 0 Å². The molecule has 1 aromatic carbocycles. The van der Waals surface area contributed by atoms with Gasteiger partial charge < -0.3 is 10.2 Å². The molecule has 0 spiro atoms. The highest BCUT2D eigenvalue weighted by molar-refractivity contribution is 5.86. The maximum atomic E-state index is 13.6. The quantitative estimate of drug-likeness (QED) is 0.905. The summed E-state index contributed by atoms with van der Waals surface area (Å²) >= 11 is 0. The molecule has 4 heteroatoms. The summed E-state index contributed by atoms with van der Waals surface area (Å²) in [5, 5.41) is 3.32. The molecule has 0 radical (unpaired) electrons. The van der Waals surface area contributed by atoms with Crippen LogP contribution >= 0.6 is 0 Å². The molecule has 2 rings (SSSR count). The Morgan fingerprint density at radius 3 is 2.79 bits per heavy atom. The Balaban J connectivity index is 2.09. The molecule has 3 nitrogen and oxygen atoms in total. The Bertz CT molecular complexity index is 455. The van der Waals surface area contributed by atoms with Crippen LogP contribution in [0.2, 0.25) is 0 Å². The summed E-state index contributed by atoms with van der Waals surface area (Å²) in [5.41, 5.74) is 0.114. The van der Waals surface area contributed by atoms with Gasteiger partial charge in [0.25, 0.3) is 0 Å². The summed E-state index contributed by atoms with van der Waals surface area (Å²) in [4.78, 5) is 14.2. The van der Waals surface area contributed by atoms with Gasteiger partial charge in [0.2, 0.25) is 5.91 Å². The van der Waals surface area contributed by atoms with Gasteiger partial charge in [0, 0.05) is 19.2 Å². The molecule has 1 atom stereocenters. The molecule has 19 heavy (non-hydrogen) atoms. The average molecular weight is 264 g/mol. The summed E-state index contributed by atoms with van der Waals surface area (Å²) in [5.74, 6) is -0.192. The van der Waals surface area contributed by atoms with Gasteiger partial charge in [0.05, 0.1) is 5.54 Å². The van der Waals surface area contributed by atoms with Gasteiger partial charge in [0.15, 0.2) is 0 Å². The van der Waals surface area contributed by atoms with Gasteiger partial charge in [-0.15, -0.1) is 0 Å². The molecule has 1 unspecified atom stereocenters. The topological polar surface area (TPSA) is 32.3 Å². The lowest BCUT2D eigenvalue weighted by Gasteiger charge is -2.32. The number of likely N-dealkylation sites (N-methyl/N-ethyl adjacent to an activating group) is 1. The van der Waals surface area contributed by atoms with E-state index in [1.807, 2.05) is 6.92 Å². The lowest BCUT2D eigenvalue weighted by molar-refractivity contribution is -0.137. The van der Waals surface area contributed by atoms with E-state index in [-0.39, 0.29) is 11.7 Å². The highest BCUT2D eigenvalue weighted by Crippen LogP contribution is 2.25. The molecule has 1 heterocycles. The number of nitrogens with zero attached hydrogens (tertiary/aromatic N) is 1. The molecule has 0 aromatic heterocycles. The molecule has 1 aliphatic rings. The molecule has 1 saturated heterocycles. The second-order valence-electron chi connectivity index (χ2n) is 5.22. The average Bonchev–Trinajstić information content (AvgIpc) is 2.90. The molecule has 1 fully saturated rings. The van der Waals surface area contributed by atoms with Crippen LogP contribution in [0, 0.1) is 5.82 Å². The van der Waals surface area contributed by atoms with Gasteiger partial charge in [-0.05, 0) is 31.9 Å². The predicted molar refractivity (Wildman–Crippen MR) is 73.1 cm³/mol. The summed E-state index contributed by atoms with van der Waals surface area (Å²) in [7, 11) is 1.74. The lowest BCUT2D eigenvalue weighted by Crippen LogP contribution is -2.53. The van der Waals surface area contributed by atoms with Crippen molar-refractivity contribution in [3.8, 4) is 0 Å². The van der Waals surface area contributed by atoms with Crippen LogP contribution in [0.25, 0.3) is 0 Å². The normalized spacial score (nSPS) is 22.5. The van der Waals surface area contributed by atoms with Crippen molar-refractivity contribution < 1.29 is 9.18 Å². The van der Waals surface area contributed by atoms with Gasteiger partial charge in [-0.1, -0.05) is 25.1 Å². The van der Waals surface area contributed by atoms with Crippen molar-refractivity contribution in [3.63, 3.8) is 0 Å². The number of amides is 1. The number of hydrogen-bond donors (Lipinski definition) is 1. The largest absolute Gasteiger partial charge is 0.340 e. The van der Waals surface area contributed by atoms with Crippen molar-refractivity contribution in [1.82, 2.24) is 10.2 Å². The number of carbonyl (C=O) groups excluding carboxylic acids is 1. The summed E-state index contributed by atoms with van der Waals surface area (Å²) in [6, 6.07) is 6.60. The number of hydrogen-bond acceptors (Lipinski definition) is 2. The molecule has 1 aromatic rings. The van der Waals surface area contributed by atoms with Gasteiger partial charge in [-0.25, -0.2) is 4.39 Å². The SMILES string of the molecule is CCC1(C(=O)N(C)Cc2ccccc2F)CCCN1. The minimum absolute atomic E-state index is 0.0655. The number of carbonyl (C=O) groups is 1. The summed E-state index contributed by atoms with van der Waals surface area (Å²) in [6.07, 6.45) is 2.66. The van der Waals surface area contributed by atoms with Crippen molar-refractivity contribution in [1.29, 1.82) is 0 Å². The number of halogens is 1. The first-order chi connectivity index (χ1) is 9.09. The van der Waals surface area contributed by atoms with E-state index in [1.165, 1.54) is 6.07 Å². The Kier molecular flexibility index (Phi) is 4.20. The van der Waals surface area contributed by atoms with Crippen molar-refractivity contribution in [3.05, 3.63) is 35.6 Å². The van der Waals surface area contributed by atoms with Crippen LogP contribution < -0.4 is 5.32 Å². The van der Waals surface area contributed by atoms with Crippen LogP contribution in [0.15, 0.2) is 24.3 Å². The lowest BCUT2D eigenvalue weighted by atomic mass is 9.92. The Hall–Kier alpha value is -1.42. The fraction of sp³-hybridized carbons (Fsp3) is 0.533. The molecular formula is C15H21FN2O. The smallest absolute Gasteiger partial charge is 0.242 e. The van der Waals surface area contributed by atoms with Crippen LogP contribution in [-0.4, -0.2) is 29.9 Å². The maximum Gasteiger partial charge on any atom is 0.242 e. The second-order valence-corrected chi connectivity index (χ2v) is 5.22. The standard InChI is InChI=1S/C15H21FN2O/c1-3-15(9-6-10-17-15)14(19)18(2)11-12-7-4-5-8-13(12)16/h4-5,7-8,17H,3,6,9-11H2,1-2H3. The molecular weight excluding hydrogens is 243 g/mol. The van der Waals surface area contributed by atoms with Crippen molar-refractivity contribution in [2.45, 2.75) is 38.3 Å². The van der Waals surface area contributed by atoms with E-state index in [0.717, 1.165) is 25.8 Å². The molecule has 0 bridgehead atoms. The first-order valence-corrected chi connectivity index (χ1v) is 6.83. The Labute approximate surface area is 113 Å². The molecule has 0 aliphatic carbocycles. The van der Waals surface area contributed by atoms with E-state index in [1.54, 1.807) is 30.1 Å². The third kappa shape index (κ3) is 2.78. The molecule has 1 amide bonds. The predicted octanol–water partition coefficient (Wildman–Crippen LogP) is 2.32. The third-order valence-corrected chi connectivity index (χ3v) is 3.97. The fourth-order valence-electron chi connectivity index (χ4n) is 2.76. The zero-order valence-corrected chi connectivity index (χ0v) is 11.6. The van der Waals surface area contributed by atoms with E-state index in [2.05, 4.69) is 5.32 Å². The number of rotatable bonds is 4. The van der Waals surface area contributed by atoms with E-state index < -0.39 is 5.54 Å². The first-order valence-electron chi connectivity index (χ1n) is 6.83. The molecule has 1 aliphatic heterocycles. The molecule has 0 saturated carbocycles. The van der Waals surface area contributed by atoms with Crippen LogP contribution in [-0.2, 0) is 11.3 Å². The summed E-state index contributed by atoms with van der Waals surface area (Å²) in [6.45, 7) is 3.22. The van der Waals surface area contributed by atoms with E-state index in [9.17, 15) is 9.18 Å². The summed E-state index contributed by atoms with van der Waals surface area (Å²) < 4.78 is 13.6. The van der Waals surface area contributed by atoms with Crippen LogP contribution in [0.4, 0.5) is 4.39 Å². The van der Waals surface area contributed by atoms with Crippen molar-refractivity contribution in [2.75, 3.05) is 13.6 Å². The van der Waals surface area contributed by atoms with Gasteiger partial charge in [-0.2, -0.15) is 0 Å². The van der Waals surface area contributed by atoms with Crippen molar-refractivity contribution >= 4 is 5.91 Å². The molecule has 104 valence electrons.